The second kappa shape index (κ2) is 6.51. The summed E-state index contributed by atoms with van der Waals surface area (Å²) in [4.78, 5) is 0. The van der Waals surface area contributed by atoms with Crippen molar-refractivity contribution in [1.82, 2.24) is 0 Å². The van der Waals surface area contributed by atoms with Gasteiger partial charge in [0.25, 0.3) is 0 Å². The van der Waals surface area contributed by atoms with Gasteiger partial charge in [-0.05, 0) is 48.9 Å². The van der Waals surface area contributed by atoms with Crippen LogP contribution in [0.4, 0.5) is 0 Å². The molecule has 0 bridgehead atoms. The highest BCUT2D eigenvalue weighted by Gasteiger charge is 2.25. The molecule has 1 unspecified atom stereocenters. The van der Waals surface area contributed by atoms with E-state index in [-0.39, 0.29) is 5.38 Å². The Kier molecular flexibility index (Phi) is 4.98. The molecule has 0 aliphatic heterocycles. The molecular formula is C16H23ClO2. The second-order valence-electron chi connectivity index (χ2n) is 5.36. The van der Waals surface area contributed by atoms with Crippen molar-refractivity contribution in [2.45, 2.75) is 44.4 Å². The lowest BCUT2D eigenvalue weighted by molar-refractivity contribution is 0.342. The molecule has 19 heavy (non-hydrogen) atoms. The molecule has 1 aliphatic rings. The molecule has 0 amide bonds. The first kappa shape index (κ1) is 14.5. The SMILES string of the molecule is COc1cc(C)c(C(Cl)C2CCCCC2)cc1OC. The summed E-state index contributed by atoms with van der Waals surface area (Å²) in [6.45, 7) is 2.09. The number of ether oxygens (including phenoxy) is 2. The minimum atomic E-state index is 0.0834. The van der Waals surface area contributed by atoms with E-state index in [0.29, 0.717) is 5.92 Å². The molecule has 0 aromatic heterocycles. The summed E-state index contributed by atoms with van der Waals surface area (Å²) in [5, 5.41) is 0.0834. The van der Waals surface area contributed by atoms with Crippen molar-refractivity contribution < 1.29 is 9.47 Å². The number of rotatable bonds is 4. The minimum Gasteiger partial charge on any atom is -0.493 e. The van der Waals surface area contributed by atoms with Crippen LogP contribution in [0.1, 0.15) is 48.6 Å². The van der Waals surface area contributed by atoms with Crippen molar-refractivity contribution in [1.29, 1.82) is 0 Å². The van der Waals surface area contributed by atoms with Crippen molar-refractivity contribution >= 4 is 11.6 Å². The number of methoxy groups -OCH3 is 2. The Bertz CT molecular complexity index is 425. The predicted molar refractivity (Wildman–Crippen MR) is 79.5 cm³/mol. The third kappa shape index (κ3) is 3.17. The summed E-state index contributed by atoms with van der Waals surface area (Å²) in [7, 11) is 3.33. The number of hydrogen-bond acceptors (Lipinski definition) is 2. The molecule has 1 aromatic carbocycles. The predicted octanol–water partition coefficient (Wildman–Crippen LogP) is 4.87. The van der Waals surface area contributed by atoms with Crippen molar-refractivity contribution in [2.24, 2.45) is 5.92 Å². The van der Waals surface area contributed by atoms with Gasteiger partial charge in [0, 0.05) is 0 Å². The van der Waals surface area contributed by atoms with Crippen LogP contribution >= 0.6 is 11.6 Å². The van der Waals surface area contributed by atoms with Crippen LogP contribution in [0.2, 0.25) is 0 Å². The fourth-order valence-corrected chi connectivity index (χ4v) is 3.46. The molecule has 1 aromatic rings. The molecule has 1 atom stereocenters. The Hall–Kier alpha value is -0.890. The number of halogens is 1. The highest BCUT2D eigenvalue weighted by molar-refractivity contribution is 6.21. The zero-order valence-corrected chi connectivity index (χ0v) is 12.8. The van der Waals surface area contributed by atoms with E-state index >= 15 is 0 Å². The Balaban J connectivity index is 2.27. The molecule has 0 radical (unpaired) electrons. The minimum absolute atomic E-state index is 0.0834. The van der Waals surface area contributed by atoms with Crippen LogP contribution in [0.15, 0.2) is 12.1 Å². The van der Waals surface area contributed by atoms with Gasteiger partial charge in [-0.1, -0.05) is 19.3 Å². The third-order valence-corrected chi connectivity index (χ3v) is 4.72. The maximum atomic E-state index is 6.72. The maximum Gasteiger partial charge on any atom is 0.161 e. The van der Waals surface area contributed by atoms with E-state index < -0.39 is 0 Å². The third-order valence-electron chi connectivity index (χ3n) is 4.13. The zero-order valence-electron chi connectivity index (χ0n) is 12.0. The molecule has 106 valence electrons. The Morgan fingerprint density at radius 1 is 1.05 bits per heavy atom. The van der Waals surface area contributed by atoms with E-state index in [4.69, 9.17) is 21.1 Å². The van der Waals surface area contributed by atoms with Crippen LogP contribution in [0.5, 0.6) is 11.5 Å². The lowest BCUT2D eigenvalue weighted by Gasteiger charge is -2.27. The van der Waals surface area contributed by atoms with Crippen LogP contribution in [0.25, 0.3) is 0 Å². The molecular weight excluding hydrogens is 260 g/mol. The highest BCUT2D eigenvalue weighted by Crippen LogP contribution is 2.42. The van der Waals surface area contributed by atoms with E-state index in [1.807, 2.05) is 12.1 Å². The molecule has 1 aliphatic carbocycles. The summed E-state index contributed by atoms with van der Waals surface area (Å²) in [5.74, 6) is 2.13. The van der Waals surface area contributed by atoms with E-state index in [2.05, 4.69) is 6.92 Å². The second-order valence-corrected chi connectivity index (χ2v) is 5.83. The Morgan fingerprint density at radius 3 is 2.21 bits per heavy atom. The maximum absolute atomic E-state index is 6.72. The van der Waals surface area contributed by atoms with E-state index in [0.717, 1.165) is 11.5 Å². The van der Waals surface area contributed by atoms with Gasteiger partial charge in [0.2, 0.25) is 0 Å². The van der Waals surface area contributed by atoms with Crippen LogP contribution in [-0.4, -0.2) is 14.2 Å². The monoisotopic (exact) mass is 282 g/mol. The van der Waals surface area contributed by atoms with Crippen molar-refractivity contribution in [3.63, 3.8) is 0 Å². The molecule has 0 heterocycles. The van der Waals surface area contributed by atoms with Gasteiger partial charge >= 0.3 is 0 Å². The van der Waals surface area contributed by atoms with Crippen LogP contribution in [0.3, 0.4) is 0 Å². The first-order valence-corrected chi connectivity index (χ1v) is 7.47. The number of hydrogen-bond donors (Lipinski definition) is 0. The van der Waals surface area contributed by atoms with Crippen LogP contribution < -0.4 is 9.47 Å². The van der Waals surface area contributed by atoms with Gasteiger partial charge < -0.3 is 9.47 Å². The number of alkyl halides is 1. The topological polar surface area (TPSA) is 18.5 Å². The summed E-state index contributed by atoms with van der Waals surface area (Å²) >= 11 is 6.72. The summed E-state index contributed by atoms with van der Waals surface area (Å²) in [5.41, 5.74) is 2.37. The Morgan fingerprint density at radius 2 is 1.63 bits per heavy atom. The quantitative estimate of drug-likeness (QED) is 0.733. The van der Waals surface area contributed by atoms with Gasteiger partial charge in [-0.2, -0.15) is 0 Å². The molecule has 2 nitrogen and oxygen atoms in total. The van der Waals surface area contributed by atoms with E-state index in [9.17, 15) is 0 Å². The molecule has 0 saturated heterocycles. The van der Waals surface area contributed by atoms with E-state index in [1.54, 1.807) is 14.2 Å². The molecule has 0 N–H and O–H groups in total. The summed E-state index contributed by atoms with van der Waals surface area (Å²) in [6, 6.07) is 4.06. The average Bonchev–Trinajstić information content (AvgIpc) is 2.47. The molecule has 0 spiro atoms. The number of benzene rings is 1. The van der Waals surface area contributed by atoms with Gasteiger partial charge in [0.1, 0.15) is 0 Å². The van der Waals surface area contributed by atoms with Gasteiger partial charge in [0.05, 0.1) is 19.6 Å². The largest absolute Gasteiger partial charge is 0.493 e. The van der Waals surface area contributed by atoms with Crippen molar-refractivity contribution in [3.8, 4) is 11.5 Å². The van der Waals surface area contributed by atoms with Crippen LogP contribution in [-0.2, 0) is 0 Å². The number of aryl methyl sites for hydroxylation is 1. The smallest absolute Gasteiger partial charge is 0.161 e. The zero-order chi connectivity index (χ0) is 13.8. The van der Waals surface area contributed by atoms with Crippen LogP contribution in [0, 0.1) is 12.8 Å². The summed E-state index contributed by atoms with van der Waals surface area (Å²) in [6.07, 6.45) is 6.44. The average molecular weight is 283 g/mol. The van der Waals surface area contributed by atoms with Gasteiger partial charge in [-0.3, -0.25) is 0 Å². The fraction of sp³-hybridized carbons (Fsp3) is 0.625. The van der Waals surface area contributed by atoms with Gasteiger partial charge in [-0.15, -0.1) is 11.6 Å². The van der Waals surface area contributed by atoms with Crippen molar-refractivity contribution in [3.05, 3.63) is 23.3 Å². The standard InChI is InChI=1S/C16H23ClO2/c1-11-9-14(18-2)15(19-3)10-13(11)16(17)12-7-5-4-6-8-12/h9-10,12,16H,4-8H2,1-3H3. The lowest BCUT2D eigenvalue weighted by atomic mass is 9.83. The fourth-order valence-electron chi connectivity index (χ4n) is 2.97. The first-order valence-electron chi connectivity index (χ1n) is 7.04. The van der Waals surface area contributed by atoms with Gasteiger partial charge in [-0.25, -0.2) is 0 Å². The lowest BCUT2D eigenvalue weighted by Crippen LogP contribution is -2.13. The first-order chi connectivity index (χ1) is 9.17. The van der Waals surface area contributed by atoms with E-state index in [1.165, 1.54) is 43.2 Å². The summed E-state index contributed by atoms with van der Waals surface area (Å²) < 4.78 is 10.7. The molecule has 1 saturated carbocycles. The Labute approximate surface area is 121 Å². The normalized spacial score (nSPS) is 18.1. The highest BCUT2D eigenvalue weighted by atomic mass is 35.5. The van der Waals surface area contributed by atoms with Crippen molar-refractivity contribution in [2.75, 3.05) is 14.2 Å². The molecule has 3 heteroatoms. The van der Waals surface area contributed by atoms with Gasteiger partial charge in [0.15, 0.2) is 11.5 Å². The molecule has 2 rings (SSSR count). The molecule has 1 fully saturated rings.